The lowest BCUT2D eigenvalue weighted by Gasteiger charge is -2.34. The summed E-state index contributed by atoms with van der Waals surface area (Å²) in [5.41, 5.74) is 8.65. The normalized spacial score (nSPS) is 14.3. The molecule has 0 radical (unpaired) electrons. The highest BCUT2D eigenvalue weighted by molar-refractivity contribution is 7.21. The van der Waals surface area contributed by atoms with Crippen molar-refractivity contribution >= 4 is 44.8 Å². The van der Waals surface area contributed by atoms with Gasteiger partial charge >= 0.3 is 0 Å². The summed E-state index contributed by atoms with van der Waals surface area (Å²) in [6, 6.07) is 11.1. The summed E-state index contributed by atoms with van der Waals surface area (Å²) in [6.07, 6.45) is 2.98. The fourth-order valence-electron chi connectivity index (χ4n) is 4.33. The van der Waals surface area contributed by atoms with Crippen LogP contribution in [0.4, 0.5) is 17.3 Å². The number of nitrogens with two attached hydrogens (primary N) is 1. The molecule has 192 valence electrons. The molecular weight excluding hydrogens is 490 g/mol. The highest BCUT2D eigenvalue weighted by Crippen LogP contribution is 2.38. The van der Waals surface area contributed by atoms with Crippen LogP contribution in [0.15, 0.2) is 48.8 Å². The van der Waals surface area contributed by atoms with Gasteiger partial charge < -0.3 is 30.8 Å². The monoisotopic (exact) mass is 519 g/mol. The van der Waals surface area contributed by atoms with Gasteiger partial charge in [0.15, 0.2) is 6.20 Å². The van der Waals surface area contributed by atoms with E-state index in [0.29, 0.717) is 37.9 Å². The highest BCUT2D eigenvalue weighted by Gasteiger charge is 2.25. The van der Waals surface area contributed by atoms with Crippen LogP contribution >= 0.6 is 11.3 Å². The van der Waals surface area contributed by atoms with Crippen LogP contribution in [0.3, 0.4) is 0 Å². The summed E-state index contributed by atoms with van der Waals surface area (Å²) >= 11 is 1.17. The fourth-order valence-corrected chi connectivity index (χ4v) is 5.31. The number of thiophene rings is 1. The molecule has 0 aliphatic carbocycles. The summed E-state index contributed by atoms with van der Waals surface area (Å²) in [4.78, 5) is 26.3. The Morgan fingerprint density at radius 2 is 2.00 bits per heavy atom. The number of carbonyl (C=O) groups is 1. The summed E-state index contributed by atoms with van der Waals surface area (Å²) in [5, 5.41) is 15.8. The van der Waals surface area contributed by atoms with E-state index in [1.807, 2.05) is 26.0 Å². The Morgan fingerprint density at radius 3 is 2.70 bits per heavy atom. The molecule has 1 amide bonds. The summed E-state index contributed by atoms with van der Waals surface area (Å²) in [5.74, 6) is 0.388. The Bertz CT molecular complexity index is 1450. The second-order valence-corrected chi connectivity index (χ2v) is 10.3. The first-order valence-electron chi connectivity index (χ1n) is 12.1. The van der Waals surface area contributed by atoms with Gasteiger partial charge in [-0.15, -0.1) is 11.3 Å². The van der Waals surface area contributed by atoms with Crippen molar-refractivity contribution in [1.29, 1.82) is 0 Å². The lowest BCUT2D eigenvalue weighted by molar-refractivity contribution is -0.593. The number of likely N-dealkylation sites (N-methyl/N-ethyl adjacent to an activating group) is 1. The number of pyridine rings is 1. The van der Waals surface area contributed by atoms with E-state index < -0.39 is 5.91 Å². The number of hydrogen-bond donors (Lipinski definition) is 2. The Balaban J connectivity index is 1.53. The largest absolute Gasteiger partial charge is 0.618 e. The summed E-state index contributed by atoms with van der Waals surface area (Å²) < 4.78 is 7.50. The van der Waals surface area contributed by atoms with Gasteiger partial charge in [0.25, 0.3) is 5.91 Å². The van der Waals surface area contributed by atoms with Crippen molar-refractivity contribution in [3.05, 3.63) is 58.9 Å². The van der Waals surface area contributed by atoms with Crippen molar-refractivity contribution in [1.82, 2.24) is 14.9 Å². The van der Waals surface area contributed by atoms with Crippen molar-refractivity contribution in [3.8, 4) is 17.0 Å². The molecule has 10 nitrogen and oxygen atoms in total. The number of nitrogens with zero attached hydrogens (tertiary/aromatic N) is 5. The number of anilines is 3. The van der Waals surface area contributed by atoms with E-state index in [1.54, 1.807) is 24.4 Å². The minimum atomic E-state index is -0.622. The van der Waals surface area contributed by atoms with Gasteiger partial charge in [0.1, 0.15) is 16.1 Å². The molecule has 3 aromatic heterocycles. The summed E-state index contributed by atoms with van der Waals surface area (Å²) in [6.45, 7) is 7.88. The predicted octanol–water partition coefficient (Wildman–Crippen LogP) is 3.37. The van der Waals surface area contributed by atoms with E-state index in [0.717, 1.165) is 37.6 Å². The van der Waals surface area contributed by atoms with E-state index in [9.17, 15) is 10.0 Å². The third-order valence-corrected chi connectivity index (χ3v) is 7.31. The van der Waals surface area contributed by atoms with E-state index >= 15 is 0 Å². The second-order valence-electron chi connectivity index (χ2n) is 9.25. The SMILES string of the molecule is CC(C)Oc1cc(N2CCN(C)CC2)ccc1Nc1ncc2sc(C(N)=O)c(-c3cccc[n+]3[O-])c2n1. The van der Waals surface area contributed by atoms with Gasteiger partial charge in [-0.05, 0) is 39.1 Å². The molecule has 0 atom stereocenters. The molecule has 1 fully saturated rings. The number of rotatable bonds is 7. The zero-order valence-corrected chi connectivity index (χ0v) is 21.8. The van der Waals surface area contributed by atoms with E-state index in [2.05, 4.69) is 38.2 Å². The molecule has 1 saturated heterocycles. The number of piperazine rings is 1. The maximum absolute atomic E-state index is 12.5. The van der Waals surface area contributed by atoms with Gasteiger partial charge in [0.2, 0.25) is 11.6 Å². The number of carbonyl (C=O) groups excluding carboxylic acids is 1. The van der Waals surface area contributed by atoms with Crippen LogP contribution in [-0.2, 0) is 0 Å². The van der Waals surface area contributed by atoms with Gasteiger partial charge in [0, 0.05) is 50.1 Å². The maximum Gasteiger partial charge on any atom is 0.259 e. The third kappa shape index (κ3) is 5.13. The molecule has 0 saturated carbocycles. The van der Waals surface area contributed by atoms with Crippen LogP contribution in [0.1, 0.15) is 23.5 Å². The van der Waals surface area contributed by atoms with Crippen LogP contribution < -0.4 is 25.4 Å². The molecule has 0 spiro atoms. The third-order valence-electron chi connectivity index (χ3n) is 6.18. The Kier molecular flexibility index (Phi) is 6.81. The minimum absolute atomic E-state index is 0.0288. The number of hydrogen-bond acceptors (Lipinski definition) is 9. The van der Waals surface area contributed by atoms with E-state index in [-0.39, 0.29) is 11.0 Å². The molecule has 4 aromatic rings. The number of primary amides is 1. The van der Waals surface area contributed by atoms with Crippen molar-refractivity contribution in [2.75, 3.05) is 43.4 Å². The molecule has 5 rings (SSSR count). The van der Waals surface area contributed by atoms with Crippen molar-refractivity contribution in [2.45, 2.75) is 20.0 Å². The first kappa shape index (κ1) is 24.7. The smallest absolute Gasteiger partial charge is 0.259 e. The van der Waals surface area contributed by atoms with Crippen molar-refractivity contribution in [3.63, 3.8) is 0 Å². The van der Waals surface area contributed by atoms with Crippen LogP contribution in [-0.4, -0.2) is 60.1 Å². The molecule has 3 N–H and O–H groups in total. The maximum atomic E-state index is 12.5. The Hall–Kier alpha value is -3.96. The number of aromatic nitrogens is 3. The van der Waals surface area contributed by atoms with E-state index in [1.165, 1.54) is 17.5 Å². The zero-order valence-electron chi connectivity index (χ0n) is 21.0. The first-order valence-corrected chi connectivity index (χ1v) is 12.9. The minimum Gasteiger partial charge on any atom is -0.618 e. The predicted molar refractivity (Wildman–Crippen MR) is 146 cm³/mol. The Labute approximate surface area is 218 Å². The molecular formula is C26H29N7O3S. The van der Waals surface area contributed by atoms with Gasteiger partial charge in [0.05, 0.1) is 28.3 Å². The lowest BCUT2D eigenvalue weighted by Crippen LogP contribution is -2.44. The van der Waals surface area contributed by atoms with Crippen molar-refractivity contribution in [2.24, 2.45) is 5.73 Å². The quantitative estimate of drug-likeness (QED) is 0.281. The molecule has 0 bridgehead atoms. The number of amides is 1. The average molecular weight is 520 g/mol. The van der Waals surface area contributed by atoms with Crippen LogP contribution in [0.2, 0.25) is 0 Å². The van der Waals surface area contributed by atoms with Gasteiger partial charge in [-0.1, -0.05) is 0 Å². The van der Waals surface area contributed by atoms with Crippen LogP contribution in [0, 0.1) is 5.21 Å². The van der Waals surface area contributed by atoms with Crippen molar-refractivity contribution < 1.29 is 14.3 Å². The van der Waals surface area contributed by atoms with Crippen LogP contribution in [0.5, 0.6) is 5.75 Å². The highest BCUT2D eigenvalue weighted by atomic mass is 32.1. The number of nitrogens with one attached hydrogen (secondary N) is 1. The zero-order chi connectivity index (χ0) is 26.1. The number of ether oxygens (including phenoxy) is 1. The van der Waals surface area contributed by atoms with Gasteiger partial charge in [-0.3, -0.25) is 4.79 Å². The lowest BCUT2D eigenvalue weighted by atomic mass is 10.1. The van der Waals surface area contributed by atoms with Gasteiger partial charge in [-0.25, -0.2) is 9.97 Å². The topological polar surface area (TPSA) is 124 Å². The van der Waals surface area contributed by atoms with Gasteiger partial charge in [-0.2, -0.15) is 4.73 Å². The molecule has 1 aliphatic rings. The number of fused-ring (bicyclic) bond motifs is 1. The Morgan fingerprint density at radius 1 is 1.22 bits per heavy atom. The second kappa shape index (κ2) is 10.2. The molecule has 0 unspecified atom stereocenters. The van der Waals surface area contributed by atoms with E-state index in [4.69, 9.17) is 10.5 Å². The standard InChI is InChI=1S/C26H29N7O3S/c1-16(2)36-20-14-17(32-12-10-31(3)11-13-32)7-8-18(20)29-26-28-15-21-23(30-26)22(24(37-21)25(27)34)19-6-4-5-9-33(19)35/h4-9,14-16H,10-13H2,1-3H3,(H2,27,34)(H,28,29,30). The molecule has 4 heterocycles. The van der Waals surface area contributed by atoms with Crippen LogP contribution in [0.25, 0.3) is 21.5 Å². The average Bonchev–Trinajstić information content (AvgIpc) is 3.25. The fraction of sp³-hybridized carbons (Fsp3) is 0.308. The molecule has 37 heavy (non-hydrogen) atoms. The first-order chi connectivity index (χ1) is 17.8. The molecule has 1 aromatic carbocycles. The number of benzene rings is 1. The molecule has 1 aliphatic heterocycles. The summed E-state index contributed by atoms with van der Waals surface area (Å²) in [7, 11) is 2.13. The molecule has 11 heteroatoms.